The molecule has 0 aliphatic carbocycles. The molecule has 0 radical (unpaired) electrons. The average Bonchev–Trinajstić information content (AvgIpc) is 2.51. The first-order valence-electron chi connectivity index (χ1n) is 7.30. The van der Waals surface area contributed by atoms with Crippen LogP contribution in [0.2, 0.25) is 0 Å². The zero-order chi connectivity index (χ0) is 16.5. The molecule has 0 fully saturated rings. The van der Waals surface area contributed by atoms with E-state index in [0.29, 0.717) is 24.5 Å². The number of aryl methyl sites for hydroxylation is 1. The number of esters is 1. The lowest BCUT2D eigenvalue weighted by Crippen LogP contribution is -2.12. The second-order valence-electron chi connectivity index (χ2n) is 4.79. The number of carbonyl (C=O) groups is 1. The number of halogens is 1. The first-order valence-corrected chi connectivity index (χ1v) is 8.11. The lowest BCUT2D eigenvalue weighted by Gasteiger charge is -2.12. The van der Waals surface area contributed by atoms with Crippen molar-refractivity contribution >= 4 is 30.4 Å². The van der Waals surface area contributed by atoms with Crippen molar-refractivity contribution in [1.29, 1.82) is 0 Å². The van der Waals surface area contributed by atoms with Crippen molar-refractivity contribution < 1.29 is 13.9 Å². The molecule has 0 spiro atoms. The summed E-state index contributed by atoms with van der Waals surface area (Å²) in [6.07, 6.45) is 6.11. The second kappa shape index (κ2) is 9.63. The number of hydrogen-bond acceptors (Lipinski definition) is 4. The molecular formula is C15H21FN2O2S2. The van der Waals surface area contributed by atoms with Crippen molar-refractivity contribution in [2.75, 3.05) is 6.61 Å². The van der Waals surface area contributed by atoms with Gasteiger partial charge in [0, 0.05) is 25.4 Å². The Morgan fingerprint density at radius 3 is 2.68 bits per heavy atom. The van der Waals surface area contributed by atoms with Crippen LogP contribution in [0.5, 0.6) is 0 Å². The molecule has 122 valence electrons. The lowest BCUT2D eigenvalue weighted by atomic mass is 10.2. The van der Waals surface area contributed by atoms with Crippen molar-refractivity contribution in [3.8, 4) is 0 Å². The lowest BCUT2D eigenvalue weighted by molar-refractivity contribution is -0.137. The molecule has 0 aliphatic heterocycles. The molecule has 0 atom stereocenters. The van der Waals surface area contributed by atoms with Gasteiger partial charge >= 0.3 is 5.97 Å². The highest BCUT2D eigenvalue weighted by molar-refractivity contribution is 7.72. The van der Waals surface area contributed by atoms with Crippen molar-refractivity contribution in [3.63, 3.8) is 0 Å². The number of hydrogen-bond donors (Lipinski definition) is 0. The molecule has 22 heavy (non-hydrogen) atoms. The third-order valence-electron chi connectivity index (χ3n) is 3.22. The summed E-state index contributed by atoms with van der Waals surface area (Å²) in [6, 6.07) is 0. The molecule has 0 bridgehead atoms. The van der Waals surface area contributed by atoms with Gasteiger partial charge in [0.1, 0.15) is 4.64 Å². The minimum atomic E-state index is -0.415. The summed E-state index contributed by atoms with van der Waals surface area (Å²) in [5, 5.41) is 0. The maximum atomic E-state index is 13.7. The van der Waals surface area contributed by atoms with Crippen molar-refractivity contribution in [2.45, 2.75) is 45.7 Å². The molecule has 0 saturated heterocycles. The van der Waals surface area contributed by atoms with Crippen LogP contribution in [0.1, 0.15) is 32.6 Å². The van der Waals surface area contributed by atoms with Crippen LogP contribution in [-0.2, 0) is 22.6 Å². The van der Waals surface area contributed by atoms with Gasteiger partial charge in [0.15, 0.2) is 10.6 Å². The average molecular weight is 344 g/mol. The summed E-state index contributed by atoms with van der Waals surface area (Å²) in [5.41, 5.74) is 0. The molecule has 0 saturated carbocycles. The predicted molar refractivity (Wildman–Crippen MR) is 89.3 cm³/mol. The van der Waals surface area contributed by atoms with Crippen LogP contribution >= 0.6 is 24.4 Å². The number of nitrogens with zero attached hydrogens (tertiary/aromatic N) is 2. The highest BCUT2D eigenvalue weighted by Crippen LogP contribution is 2.08. The van der Waals surface area contributed by atoms with Crippen LogP contribution in [-0.4, -0.2) is 21.7 Å². The highest BCUT2D eigenvalue weighted by Gasteiger charge is 2.04. The van der Waals surface area contributed by atoms with E-state index in [1.165, 1.54) is 6.20 Å². The fraction of sp³-hybridized carbons (Fsp3) is 0.533. The van der Waals surface area contributed by atoms with E-state index in [4.69, 9.17) is 29.2 Å². The molecule has 1 aromatic heterocycles. The monoisotopic (exact) mass is 344 g/mol. The number of unbranched alkanes of at least 4 members (excludes halogenated alkanes) is 3. The minimum Gasteiger partial charge on any atom is -0.463 e. The fourth-order valence-corrected chi connectivity index (χ4v) is 2.72. The smallest absolute Gasteiger partial charge is 0.330 e. The van der Waals surface area contributed by atoms with E-state index < -0.39 is 11.8 Å². The Hall–Kier alpha value is -1.34. The van der Waals surface area contributed by atoms with E-state index in [-0.39, 0.29) is 4.64 Å². The van der Waals surface area contributed by atoms with Crippen LogP contribution in [0, 0.1) is 15.2 Å². The third-order valence-corrected chi connectivity index (χ3v) is 4.09. The topological polar surface area (TPSA) is 36.2 Å². The molecule has 1 heterocycles. The zero-order valence-corrected chi connectivity index (χ0v) is 14.3. The van der Waals surface area contributed by atoms with Gasteiger partial charge in [-0.2, -0.15) is 0 Å². The van der Waals surface area contributed by atoms with E-state index >= 15 is 0 Å². The standard InChI is InChI=1S/C15H21FN2O2S2/c1-3-13(19)20-10-8-6-5-7-9-17-11-12(16)14(21)18(4-2)15(17)22/h3,11H,1,4-10H2,2H3. The Labute approximate surface area is 140 Å². The molecular weight excluding hydrogens is 323 g/mol. The van der Waals surface area contributed by atoms with Gasteiger partial charge in [0.25, 0.3) is 0 Å². The quantitative estimate of drug-likeness (QED) is 0.291. The molecule has 4 nitrogen and oxygen atoms in total. The Kier molecular flexibility index (Phi) is 8.19. The largest absolute Gasteiger partial charge is 0.463 e. The van der Waals surface area contributed by atoms with Gasteiger partial charge in [-0.1, -0.05) is 25.2 Å². The summed E-state index contributed by atoms with van der Waals surface area (Å²) >= 11 is 10.3. The Morgan fingerprint density at radius 1 is 1.36 bits per heavy atom. The molecule has 7 heteroatoms. The third kappa shape index (κ3) is 5.46. The zero-order valence-electron chi connectivity index (χ0n) is 12.7. The van der Waals surface area contributed by atoms with E-state index in [0.717, 1.165) is 31.8 Å². The van der Waals surface area contributed by atoms with Crippen LogP contribution in [0.15, 0.2) is 18.9 Å². The number of rotatable bonds is 9. The highest BCUT2D eigenvalue weighted by atomic mass is 32.1. The van der Waals surface area contributed by atoms with E-state index in [1.54, 1.807) is 9.13 Å². The number of ether oxygens (including phenoxy) is 1. The van der Waals surface area contributed by atoms with Gasteiger partial charge in [-0.05, 0) is 38.4 Å². The summed E-state index contributed by atoms with van der Waals surface area (Å²) in [6.45, 7) is 6.83. The van der Waals surface area contributed by atoms with Crippen molar-refractivity contribution in [1.82, 2.24) is 9.13 Å². The summed E-state index contributed by atoms with van der Waals surface area (Å²) in [5.74, 6) is -0.809. The van der Waals surface area contributed by atoms with Gasteiger partial charge < -0.3 is 13.9 Å². The van der Waals surface area contributed by atoms with Gasteiger partial charge in [0.05, 0.1) is 6.61 Å². The van der Waals surface area contributed by atoms with Gasteiger partial charge in [-0.15, -0.1) is 0 Å². The second-order valence-corrected chi connectivity index (χ2v) is 5.54. The molecule has 1 rings (SSSR count). The van der Waals surface area contributed by atoms with E-state index in [9.17, 15) is 9.18 Å². The SMILES string of the molecule is C=CC(=O)OCCCCCCn1cc(F)c(=S)n(CC)c1=S. The maximum absolute atomic E-state index is 13.7. The molecule has 1 aromatic rings. The van der Waals surface area contributed by atoms with Crippen LogP contribution in [0.4, 0.5) is 4.39 Å². The van der Waals surface area contributed by atoms with Gasteiger partial charge in [-0.3, -0.25) is 0 Å². The van der Waals surface area contributed by atoms with Crippen molar-refractivity contribution in [3.05, 3.63) is 34.1 Å². The van der Waals surface area contributed by atoms with Crippen molar-refractivity contribution in [2.24, 2.45) is 0 Å². The van der Waals surface area contributed by atoms with Crippen LogP contribution in [0.3, 0.4) is 0 Å². The summed E-state index contributed by atoms with van der Waals surface area (Å²) < 4.78 is 22.7. The first-order chi connectivity index (χ1) is 10.5. The minimum absolute atomic E-state index is 0.160. The first kappa shape index (κ1) is 18.7. The molecule has 0 amide bonds. The van der Waals surface area contributed by atoms with Gasteiger partial charge in [-0.25, -0.2) is 9.18 Å². The molecule has 0 aromatic carbocycles. The molecule has 0 aliphatic rings. The normalized spacial score (nSPS) is 10.5. The van der Waals surface area contributed by atoms with Crippen LogP contribution < -0.4 is 0 Å². The predicted octanol–water partition coefficient (Wildman–Crippen LogP) is 4.20. The Morgan fingerprint density at radius 2 is 2.05 bits per heavy atom. The summed E-state index contributed by atoms with van der Waals surface area (Å²) in [7, 11) is 0. The molecule has 0 N–H and O–H groups in total. The Balaban J connectivity index is 2.42. The molecule has 0 unspecified atom stereocenters. The maximum Gasteiger partial charge on any atom is 0.330 e. The summed E-state index contributed by atoms with van der Waals surface area (Å²) in [4.78, 5) is 10.8. The van der Waals surface area contributed by atoms with Crippen LogP contribution in [0.25, 0.3) is 0 Å². The number of carbonyl (C=O) groups excluding carboxylic acids is 1. The number of aromatic nitrogens is 2. The van der Waals surface area contributed by atoms with Gasteiger partial charge in [0.2, 0.25) is 0 Å². The van der Waals surface area contributed by atoms with E-state index in [1.807, 2.05) is 6.92 Å². The van der Waals surface area contributed by atoms with E-state index in [2.05, 4.69) is 6.58 Å². The Bertz CT molecular complexity index is 637. The fourth-order valence-electron chi connectivity index (χ4n) is 2.03.